The summed E-state index contributed by atoms with van der Waals surface area (Å²) in [5.41, 5.74) is 1.36. The minimum Gasteiger partial charge on any atom is -0.336 e. The number of thioether (sulfide) groups is 1. The highest BCUT2D eigenvalue weighted by Gasteiger charge is 2.27. The van der Waals surface area contributed by atoms with Gasteiger partial charge in [-0.05, 0) is 25.0 Å². The molecule has 9 heteroatoms. The van der Waals surface area contributed by atoms with Crippen molar-refractivity contribution in [2.24, 2.45) is 0 Å². The Balaban J connectivity index is 1.44. The van der Waals surface area contributed by atoms with Crippen molar-refractivity contribution in [3.05, 3.63) is 30.1 Å². The van der Waals surface area contributed by atoms with E-state index in [0.717, 1.165) is 18.7 Å². The Hall–Kier alpha value is -2.55. The van der Waals surface area contributed by atoms with Crippen molar-refractivity contribution in [3.8, 4) is 0 Å². The normalized spacial score (nSPS) is 17.5. The fraction of sp³-hybridized carbons (Fsp3) is 0.444. The third-order valence-corrected chi connectivity index (χ3v) is 5.99. The number of nitrogens with two attached hydrogens (primary N) is 1. The molecular formula is C18H22N6O2S. The fourth-order valence-corrected chi connectivity index (χ4v) is 4.43. The molecule has 0 radical (unpaired) electrons. The molecule has 1 fully saturated rings. The van der Waals surface area contributed by atoms with Crippen molar-refractivity contribution in [1.82, 2.24) is 14.9 Å². The van der Waals surface area contributed by atoms with Gasteiger partial charge in [-0.25, -0.2) is 4.68 Å². The van der Waals surface area contributed by atoms with Gasteiger partial charge in [-0.3, -0.25) is 9.59 Å². The molecule has 2 aliphatic rings. The predicted molar refractivity (Wildman–Crippen MR) is 104 cm³/mol. The van der Waals surface area contributed by atoms with Gasteiger partial charge in [0, 0.05) is 5.92 Å². The molecule has 2 aromatic rings. The van der Waals surface area contributed by atoms with E-state index in [4.69, 9.17) is 5.84 Å². The zero-order valence-corrected chi connectivity index (χ0v) is 15.7. The fourth-order valence-electron chi connectivity index (χ4n) is 3.69. The molecule has 2 amide bonds. The van der Waals surface area contributed by atoms with E-state index in [1.807, 2.05) is 18.2 Å². The number of rotatable bonds is 4. The van der Waals surface area contributed by atoms with Crippen LogP contribution >= 0.6 is 11.8 Å². The topological polar surface area (TPSA) is 106 Å². The number of aromatic nitrogens is 3. The lowest BCUT2D eigenvalue weighted by molar-refractivity contribution is -0.120. The monoisotopic (exact) mass is 386 g/mol. The molecular weight excluding hydrogens is 364 g/mol. The zero-order valence-electron chi connectivity index (χ0n) is 14.9. The van der Waals surface area contributed by atoms with E-state index in [1.54, 1.807) is 6.07 Å². The number of nitrogens with one attached hydrogen (secondary N) is 1. The van der Waals surface area contributed by atoms with Crippen LogP contribution in [0.1, 0.15) is 43.8 Å². The molecule has 27 heavy (non-hydrogen) atoms. The third kappa shape index (κ3) is 3.64. The third-order valence-electron chi connectivity index (χ3n) is 5.06. The average Bonchev–Trinajstić information content (AvgIpc) is 3.06. The molecule has 0 atom stereocenters. The van der Waals surface area contributed by atoms with Gasteiger partial charge in [-0.1, -0.05) is 43.2 Å². The van der Waals surface area contributed by atoms with E-state index in [9.17, 15) is 9.59 Å². The summed E-state index contributed by atoms with van der Waals surface area (Å²) in [7, 11) is 0. The molecule has 1 saturated carbocycles. The maximum Gasteiger partial charge on any atom is 0.244 e. The van der Waals surface area contributed by atoms with Crippen LogP contribution < -0.4 is 16.1 Å². The van der Waals surface area contributed by atoms with Crippen LogP contribution in [0.15, 0.2) is 29.4 Å². The molecule has 4 rings (SSSR count). The summed E-state index contributed by atoms with van der Waals surface area (Å²) < 4.78 is 1.52. The molecule has 0 unspecified atom stereocenters. The molecule has 2 heterocycles. The van der Waals surface area contributed by atoms with Crippen LogP contribution in [-0.4, -0.2) is 39.0 Å². The number of anilines is 2. The first-order chi connectivity index (χ1) is 13.1. The molecule has 1 aliphatic heterocycles. The summed E-state index contributed by atoms with van der Waals surface area (Å²) >= 11 is 1.25. The molecule has 1 aliphatic carbocycles. The predicted octanol–water partition coefficient (Wildman–Crippen LogP) is 2.12. The second-order valence-electron chi connectivity index (χ2n) is 6.88. The van der Waals surface area contributed by atoms with Gasteiger partial charge in [0.1, 0.15) is 6.54 Å². The van der Waals surface area contributed by atoms with Crippen molar-refractivity contribution in [2.75, 3.05) is 28.4 Å². The van der Waals surface area contributed by atoms with Gasteiger partial charge >= 0.3 is 0 Å². The van der Waals surface area contributed by atoms with E-state index < -0.39 is 0 Å². The Morgan fingerprint density at radius 1 is 1.22 bits per heavy atom. The van der Waals surface area contributed by atoms with Crippen molar-refractivity contribution >= 4 is 35.0 Å². The molecule has 8 nitrogen and oxygen atoms in total. The summed E-state index contributed by atoms with van der Waals surface area (Å²) in [6.45, 7) is 0.0129. The Bertz CT molecular complexity index is 861. The highest BCUT2D eigenvalue weighted by Crippen LogP contribution is 2.33. The van der Waals surface area contributed by atoms with Crippen LogP contribution in [0.5, 0.6) is 0 Å². The van der Waals surface area contributed by atoms with E-state index in [2.05, 4.69) is 15.5 Å². The molecule has 0 bridgehead atoms. The van der Waals surface area contributed by atoms with Crippen LogP contribution in [0.3, 0.4) is 0 Å². The van der Waals surface area contributed by atoms with Crippen LogP contribution in [0.25, 0.3) is 0 Å². The first kappa shape index (κ1) is 17.8. The van der Waals surface area contributed by atoms with Crippen LogP contribution in [-0.2, 0) is 9.59 Å². The number of amides is 2. The van der Waals surface area contributed by atoms with Gasteiger partial charge in [-0.2, -0.15) is 0 Å². The number of hydrogen-bond donors (Lipinski definition) is 2. The lowest BCUT2D eigenvalue weighted by Gasteiger charge is -2.29. The van der Waals surface area contributed by atoms with E-state index >= 15 is 0 Å². The SMILES string of the molecule is Nn1c(SCC(=O)N2CC(=O)Nc3ccccc32)nnc1C1CCCCC1. The summed E-state index contributed by atoms with van der Waals surface area (Å²) in [5.74, 6) is 7.10. The maximum atomic E-state index is 12.7. The van der Waals surface area contributed by atoms with E-state index in [0.29, 0.717) is 22.4 Å². The van der Waals surface area contributed by atoms with Crippen LogP contribution in [0, 0.1) is 0 Å². The minimum atomic E-state index is -0.200. The van der Waals surface area contributed by atoms with Gasteiger partial charge in [0.25, 0.3) is 0 Å². The second kappa shape index (κ2) is 7.59. The average molecular weight is 386 g/mol. The summed E-state index contributed by atoms with van der Waals surface area (Å²) in [4.78, 5) is 26.1. The van der Waals surface area contributed by atoms with Gasteiger partial charge in [0.15, 0.2) is 5.82 Å². The number of fused-ring (bicyclic) bond motifs is 1. The number of nitrogen functional groups attached to an aromatic ring is 1. The molecule has 1 aromatic heterocycles. The minimum absolute atomic E-state index is 0.0129. The van der Waals surface area contributed by atoms with Gasteiger partial charge in [0.2, 0.25) is 17.0 Å². The summed E-state index contributed by atoms with van der Waals surface area (Å²) in [6, 6.07) is 7.28. The lowest BCUT2D eigenvalue weighted by atomic mass is 9.89. The van der Waals surface area contributed by atoms with Crippen LogP contribution in [0.2, 0.25) is 0 Å². The van der Waals surface area contributed by atoms with Gasteiger partial charge in [0.05, 0.1) is 17.1 Å². The zero-order chi connectivity index (χ0) is 18.8. The van der Waals surface area contributed by atoms with Crippen molar-refractivity contribution in [1.29, 1.82) is 0 Å². The molecule has 0 saturated heterocycles. The Kier molecular flexibility index (Phi) is 5.02. The largest absolute Gasteiger partial charge is 0.336 e. The van der Waals surface area contributed by atoms with E-state index in [-0.39, 0.29) is 24.1 Å². The van der Waals surface area contributed by atoms with Gasteiger partial charge < -0.3 is 16.1 Å². The smallest absolute Gasteiger partial charge is 0.244 e. The first-order valence-corrected chi connectivity index (χ1v) is 10.1. The second-order valence-corrected chi connectivity index (χ2v) is 7.82. The van der Waals surface area contributed by atoms with E-state index in [1.165, 1.54) is 40.6 Å². The quantitative estimate of drug-likeness (QED) is 0.616. The summed E-state index contributed by atoms with van der Waals surface area (Å²) in [6.07, 6.45) is 5.80. The van der Waals surface area contributed by atoms with Gasteiger partial charge in [-0.15, -0.1) is 10.2 Å². The number of carbonyl (C=O) groups excluding carboxylic acids is 2. The number of benzene rings is 1. The number of hydrogen-bond acceptors (Lipinski definition) is 6. The standard InChI is InChI=1S/C18H22N6O2S/c19-24-17(12-6-2-1-3-7-12)21-22-18(24)27-11-16(26)23-10-15(25)20-13-8-4-5-9-14(13)23/h4-5,8-9,12H,1-3,6-7,10-11,19H2,(H,20,25). The molecule has 0 spiro atoms. The first-order valence-electron chi connectivity index (χ1n) is 9.16. The van der Waals surface area contributed by atoms with Crippen molar-refractivity contribution in [3.63, 3.8) is 0 Å². The number of nitrogens with zero attached hydrogens (tertiary/aromatic N) is 4. The highest BCUT2D eigenvalue weighted by atomic mass is 32.2. The summed E-state index contributed by atoms with van der Waals surface area (Å²) in [5, 5.41) is 11.7. The van der Waals surface area contributed by atoms with Crippen molar-refractivity contribution < 1.29 is 9.59 Å². The molecule has 3 N–H and O–H groups in total. The highest BCUT2D eigenvalue weighted by molar-refractivity contribution is 7.99. The van der Waals surface area contributed by atoms with Crippen molar-refractivity contribution in [2.45, 2.75) is 43.2 Å². The van der Waals surface area contributed by atoms with Crippen LogP contribution in [0.4, 0.5) is 11.4 Å². The molecule has 1 aromatic carbocycles. The lowest BCUT2D eigenvalue weighted by Crippen LogP contribution is -2.43. The maximum absolute atomic E-state index is 12.7. The Morgan fingerprint density at radius 2 is 2.00 bits per heavy atom. The molecule has 142 valence electrons. The Labute approximate surface area is 161 Å². The Morgan fingerprint density at radius 3 is 2.81 bits per heavy atom. The number of carbonyl (C=O) groups is 2. The number of para-hydroxylation sites is 2.